The van der Waals surface area contributed by atoms with Crippen LogP contribution in [0.3, 0.4) is 0 Å². The lowest BCUT2D eigenvalue weighted by Gasteiger charge is -2.24. The summed E-state index contributed by atoms with van der Waals surface area (Å²) in [5.41, 5.74) is 3.65. The number of benzene rings is 2. The molecule has 0 atom stereocenters. The highest BCUT2D eigenvalue weighted by atomic mass is 16.6. The van der Waals surface area contributed by atoms with Crippen LogP contribution in [0.2, 0.25) is 0 Å². The van der Waals surface area contributed by atoms with Crippen molar-refractivity contribution >= 4 is 23.6 Å². The number of ether oxygens (including phenoxy) is 2. The van der Waals surface area contributed by atoms with E-state index in [2.05, 4.69) is 10.6 Å². The Labute approximate surface area is 226 Å². The summed E-state index contributed by atoms with van der Waals surface area (Å²) >= 11 is 0. The number of carbonyl (C=O) groups is 2. The number of hydrogen-bond acceptors (Lipinski definition) is 7. The molecule has 4 N–H and O–H groups in total. The van der Waals surface area contributed by atoms with Gasteiger partial charge in [0.1, 0.15) is 11.2 Å². The van der Waals surface area contributed by atoms with E-state index >= 15 is 0 Å². The molecule has 2 rings (SSSR count). The smallest absolute Gasteiger partial charge is 0.412 e. The zero-order valence-corrected chi connectivity index (χ0v) is 23.7. The predicted octanol–water partition coefficient (Wildman–Crippen LogP) is 5.40. The molecule has 0 radical (unpaired) electrons. The van der Waals surface area contributed by atoms with Crippen LogP contribution in [0, 0.1) is 0 Å². The molecule has 2 aromatic carbocycles. The van der Waals surface area contributed by atoms with Crippen molar-refractivity contribution < 1.29 is 29.3 Å². The van der Waals surface area contributed by atoms with Crippen LogP contribution in [0.25, 0.3) is 11.1 Å². The topological polar surface area (TPSA) is 120 Å². The van der Waals surface area contributed by atoms with Gasteiger partial charge in [0.15, 0.2) is 0 Å². The molecule has 0 heterocycles. The Kier molecular flexibility index (Phi) is 11.1. The van der Waals surface area contributed by atoms with Gasteiger partial charge in [-0.3, -0.25) is 15.5 Å². The monoisotopic (exact) mass is 529 g/mol. The van der Waals surface area contributed by atoms with Crippen LogP contribution in [0.15, 0.2) is 36.4 Å². The van der Waals surface area contributed by atoms with Crippen molar-refractivity contribution in [3.05, 3.63) is 47.5 Å². The number of hydrogen-bond donors (Lipinski definition) is 4. The van der Waals surface area contributed by atoms with Gasteiger partial charge in [-0.1, -0.05) is 19.1 Å². The van der Waals surface area contributed by atoms with E-state index in [4.69, 9.17) is 9.47 Å². The minimum atomic E-state index is -0.643. The quantitative estimate of drug-likeness (QED) is 0.325. The molecule has 0 unspecified atom stereocenters. The summed E-state index contributed by atoms with van der Waals surface area (Å²) < 4.78 is 10.8. The predicted molar refractivity (Wildman–Crippen MR) is 150 cm³/mol. The van der Waals surface area contributed by atoms with Crippen molar-refractivity contribution in [3.63, 3.8) is 0 Å². The molecular weight excluding hydrogens is 486 g/mol. The Morgan fingerprint density at radius 2 is 1.18 bits per heavy atom. The summed E-state index contributed by atoms with van der Waals surface area (Å²) in [4.78, 5) is 26.7. The number of aliphatic hydroxyl groups is 2. The van der Waals surface area contributed by atoms with Gasteiger partial charge in [0.25, 0.3) is 0 Å². The first kappa shape index (κ1) is 31.1. The zero-order valence-electron chi connectivity index (χ0n) is 23.7. The standard InChI is InChI=1S/C29H43N3O6/c1-8-20-17-21(9-11-24(20)30-26(35)37-28(2,3)4)22-10-12-25(31-27(36)38-29(5,6)7)23(18-22)19-32(13-15-33)14-16-34/h9-12,17-18,33-34H,8,13-16,19H2,1-7H3,(H,30,35)(H,31,36). The van der Waals surface area contributed by atoms with Gasteiger partial charge in [-0.2, -0.15) is 0 Å². The van der Waals surface area contributed by atoms with E-state index in [0.717, 1.165) is 22.3 Å². The average molecular weight is 530 g/mol. The number of nitrogens with zero attached hydrogens (tertiary/aromatic N) is 1. The number of nitrogens with one attached hydrogen (secondary N) is 2. The number of amides is 2. The third-order valence-electron chi connectivity index (χ3n) is 5.42. The molecule has 9 nitrogen and oxygen atoms in total. The van der Waals surface area contributed by atoms with E-state index in [1.165, 1.54) is 0 Å². The molecule has 0 aliphatic rings. The number of aliphatic hydroxyl groups excluding tert-OH is 2. The second-order valence-corrected chi connectivity index (χ2v) is 11.1. The summed E-state index contributed by atoms with van der Waals surface area (Å²) in [5.74, 6) is 0. The van der Waals surface area contributed by atoms with Gasteiger partial charge in [0.2, 0.25) is 0 Å². The fourth-order valence-corrected chi connectivity index (χ4v) is 3.83. The molecule has 9 heteroatoms. The number of aryl methyl sites for hydroxylation is 1. The van der Waals surface area contributed by atoms with Gasteiger partial charge in [0.05, 0.1) is 13.2 Å². The third kappa shape index (κ3) is 10.3. The molecule has 38 heavy (non-hydrogen) atoms. The zero-order chi connectivity index (χ0) is 28.5. The van der Waals surface area contributed by atoms with E-state index < -0.39 is 23.4 Å². The molecule has 2 amide bonds. The first-order valence-electron chi connectivity index (χ1n) is 12.9. The van der Waals surface area contributed by atoms with Gasteiger partial charge in [-0.15, -0.1) is 0 Å². The lowest BCUT2D eigenvalue weighted by molar-refractivity contribution is 0.0624. The van der Waals surface area contributed by atoms with Crippen molar-refractivity contribution in [2.75, 3.05) is 36.9 Å². The SMILES string of the molecule is CCc1cc(-c2ccc(NC(=O)OC(C)(C)C)c(CN(CCO)CCO)c2)ccc1NC(=O)OC(C)(C)C. The maximum atomic E-state index is 12.5. The lowest BCUT2D eigenvalue weighted by Crippen LogP contribution is -2.30. The molecule has 0 aromatic heterocycles. The van der Waals surface area contributed by atoms with Crippen LogP contribution >= 0.6 is 0 Å². The Morgan fingerprint density at radius 3 is 1.58 bits per heavy atom. The molecule has 2 aromatic rings. The lowest BCUT2D eigenvalue weighted by atomic mass is 9.98. The van der Waals surface area contributed by atoms with Crippen LogP contribution in [-0.2, 0) is 22.4 Å². The van der Waals surface area contributed by atoms with Gasteiger partial charge < -0.3 is 19.7 Å². The van der Waals surface area contributed by atoms with Gasteiger partial charge in [0, 0.05) is 31.0 Å². The Bertz CT molecular complexity index is 1080. The molecule has 0 bridgehead atoms. The number of anilines is 2. The van der Waals surface area contributed by atoms with Crippen molar-refractivity contribution in [1.29, 1.82) is 0 Å². The summed E-state index contributed by atoms with van der Waals surface area (Å²) in [7, 11) is 0. The van der Waals surface area contributed by atoms with E-state index in [1.807, 2.05) is 69.0 Å². The normalized spacial score (nSPS) is 11.8. The minimum absolute atomic E-state index is 0.0551. The highest BCUT2D eigenvalue weighted by molar-refractivity contribution is 5.88. The second kappa shape index (κ2) is 13.6. The third-order valence-corrected chi connectivity index (χ3v) is 5.42. The van der Waals surface area contributed by atoms with Crippen molar-refractivity contribution in [3.8, 4) is 11.1 Å². The van der Waals surface area contributed by atoms with Gasteiger partial charge in [-0.25, -0.2) is 9.59 Å². The Balaban J connectivity index is 2.41. The summed E-state index contributed by atoms with van der Waals surface area (Å²) in [6, 6.07) is 11.5. The fourth-order valence-electron chi connectivity index (χ4n) is 3.83. The first-order valence-corrected chi connectivity index (χ1v) is 12.9. The molecule has 0 saturated heterocycles. The van der Waals surface area contributed by atoms with E-state index in [-0.39, 0.29) is 13.2 Å². The highest BCUT2D eigenvalue weighted by Crippen LogP contribution is 2.30. The van der Waals surface area contributed by atoms with Crippen LogP contribution in [0.1, 0.15) is 59.6 Å². The van der Waals surface area contributed by atoms with Crippen molar-refractivity contribution in [1.82, 2.24) is 4.90 Å². The average Bonchev–Trinajstić information content (AvgIpc) is 2.78. The maximum Gasteiger partial charge on any atom is 0.412 e. The van der Waals surface area contributed by atoms with E-state index in [9.17, 15) is 19.8 Å². The molecule has 0 aliphatic heterocycles. The summed E-state index contributed by atoms with van der Waals surface area (Å²) in [5, 5.41) is 24.6. The van der Waals surface area contributed by atoms with Crippen LogP contribution in [0.4, 0.5) is 21.0 Å². The second-order valence-electron chi connectivity index (χ2n) is 11.1. The van der Waals surface area contributed by atoms with Crippen LogP contribution in [0.5, 0.6) is 0 Å². The molecule has 0 spiro atoms. The van der Waals surface area contributed by atoms with Crippen LogP contribution in [-0.4, -0.2) is 64.8 Å². The van der Waals surface area contributed by atoms with Crippen molar-refractivity contribution in [2.24, 2.45) is 0 Å². The van der Waals surface area contributed by atoms with Crippen LogP contribution < -0.4 is 10.6 Å². The number of rotatable bonds is 10. The Hall–Kier alpha value is -3.14. The molecule has 0 fully saturated rings. The molecule has 210 valence electrons. The molecule has 0 saturated carbocycles. The first-order chi connectivity index (χ1) is 17.7. The number of carbonyl (C=O) groups excluding carboxylic acids is 2. The fraction of sp³-hybridized carbons (Fsp3) is 0.517. The highest BCUT2D eigenvalue weighted by Gasteiger charge is 2.20. The van der Waals surface area contributed by atoms with Crippen molar-refractivity contribution in [2.45, 2.75) is 72.6 Å². The largest absolute Gasteiger partial charge is 0.444 e. The summed E-state index contributed by atoms with van der Waals surface area (Å²) in [6.07, 6.45) is -0.369. The maximum absolute atomic E-state index is 12.5. The van der Waals surface area contributed by atoms with Gasteiger partial charge >= 0.3 is 12.2 Å². The van der Waals surface area contributed by atoms with E-state index in [1.54, 1.807) is 20.8 Å². The van der Waals surface area contributed by atoms with Gasteiger partial charge in [-0.05, 0) is 94.5 Å². The summed E-state index contributed by atoms with van der Waals surface area (Å²) in [6.45, 7) is 13.9. The Morgan fingerprint density at radius 1 is 0.763 bits per heavy atom. The minimum Gasteiger partial charge on any atom is -0.444 e. The van der Waals surface area contributed by atoms with E-state index in [0.29, 0.717) is 37.4 Å². The molecular formula is C29H43N3O6. The molecule has 0 aliphatic carbocycles.